The van der Waals surface area contributed by atoms with Crippen molar-refractivity contribution in [2.45, 2.75) is 4.90 Å². The second-order valence-corrected chi connectivity index (χ2v) is 11.7. The Morgan fingerprint density at radius 3 is 2.18 bits per heavy atom. The molecule has 1 N–H and O–H groups in total. The minimum Gasteiger partial charge on any atom is -0.497 e. The number of hydrogen-bond acceptors (Lipinski definition) is 6. The Bertz CT molecular complexity index is 1320. The van der Waals surface area contributed by atoms with Crippen molar-refractivity contribution in [1.82, 2.24) is 9.03 Å². The van der Waals surface area contributed by atoms with E-state index in [0.717, 1.165) is 22.2 Å². The molecule has 0 radical (unpaired) electrons. The van der Waals surface area contributed by atoms with Gasteiger partial charge < -0.3 is 9.64 Å². The smallest absolute Gasteiger partial charge is 0.240 e. The fourth-order valence-electron chi connectivity index (χ4n) is 3.87. The second kappa shape index (κ2) is 9.68. The quantitative estimate of drug-likeness (QED) is 0.522. The molecule has 0 aliphatic carbocycles. The number of ether oxygens (including phenoxy) is 1. The number of rotatable bonds is 8. The third kappa shape index (κ3) is 5.47. The van der Waals surface area contributed by atoms with Crippen molar-refractivity contribution >= 4 is 36.5 Å². The lowest BCUT2D eigenvalue weighted by Gasteiger charge is -2.35. The van der Waals surface area contributed by atoms with E-state index >= 15 is 0 Å². The Morgan fingerprint density at radius 1 is 0.848 bits per heavy atom. The zero-order valence-electron chi connectivity index (χ0n) is 18.3. The predicted octanol–water partition coefficient (Wildman–Crippen LogP) is 2.28. The van der Waals surface area contributed by atoms with Crippen LogP contribution in [0.1, 0.15) is 0 Å². The van der Waals surface area contributed by atoms with Crippen molar-refractivity contribution in [2.24, 2.45) is 0 Å². The van der Waals surface area contributed by atoms with Crippen LogP contribution >= 0.6 is 0 Å². The molecule has 8 nitrogen and oxygen atoms in total. The van der Waals surface area contributed by atoms with Gasteiger partial charge in [0, 0.05) is 38.4 Å². The molecule has 33 heavy (non-hydrogen) atoms. The third-order valence-corrected chi connectivity index (χ3v) is 9.08. The van der Waals surface area contributed by atoms with Crippen LogP contribution in [0.15, 0.2) is 71.6 Å². The molecule has 0 atom stereocenters. The molecule has 1 aliphatic heterocycles. The van der Waals surface area contributed by atoms with E-state index in [4.69, 9.17) is 4.74 Å². The van der Waals surface area contributed by atoms with Gasteiger partial charge in [0.1, 0.15) is 5.75 Å². The van der Waals surface area contributed by atoms with Gasteiger partial charge in [0.15, 0.2) is 0 Å². The van der Waals surface area contributed by atoms with E-state index in [9.17, 15) is 16.8 Å². The molecule has 0 spiro atoms. The van der Waals surface area contributed by atoms with Crippen LogP contribution in [-0.4, -0.2) is 66.7 Å². The molecule has 1 saturated heterocycles. The summed E-state index contributed by atoms with van der Waals surface area (Å²) < 4.78 is 59.9. The molecule has 1 heterocycles. The van der Waals surface area contributed by atoms with Gasteiger partial charge >= 0.3 is 0 Å². The number of nitrogens with one attached hydrogen (secondary N) is 1. The van der Waals surface area contributed by atoms with Crippen LogP contribution in [0.4, 0.5) is 5.69 Å². The molecular formula is C23H27N3O5S2. The fraction of sp³-hybridized carbons (Fsp3) is 0.304. The third-order valence-electron chi connectivity index (χ3n) is 5.75. The number of sulfonamides is 2. The van der Waals surface area contributed by atoms with Crippen LogP contribution in [0.25, 0.3) is 10.8 Å². The molecule has 3 aromatic carbocycles. The van der Waals surface area contributed by atoms with Crippen LogP contribution in [-0.2, 0) is 20.0 Å². The van der Waals surface area contributed by atoms with Crippen LogP contribution in [0, 0.1) is 0 Å². The number of hydrogen-bond donors (Lipinski definition) is 1. The van der Waals surface area contributed by atoms with E-state index in [2.05, 4.69) is 9.62 Å². The highest BCUT2D eigenvalue weighted by atomic mass is 32.2. The number of methoxy groups -OCH3 is 1. The molecule has 1 aliphatic rings. The second-order valence-electron chi connectivity index (χ2n) is 7.81. The van der Waals surface area contributed by atoms with E-state index in [1.165, 1.54) is 10.4 Å². The van der Waals surface area contributed by atoms with Crippen molar-refractivity contribution in [3.8, 4) is 5.75 Å². The molecule has 4 rings (SSSR count). The number of fused-ring (bicyclic) bond motifs is 1. The predicted molar refractivity (Wildman–Crippen MR) is 130 cm³/mol. The van der Waals surface area contributed by atoms with Crippen LogP contribution in [0.3, 0.4) is 0 Å². The summed E-state index contributed by atoms with van der Waals surface area (Å²) in [5, 5.41) is 1.75. The molecule has 0 bridgehead atoms. The molecular weight excluding hydrogens is 462 g/mol. The first kappa shape index (κ1) is 23.5. The Morgan fingerprint density at radius 2 is 1.52 bits per heavy atom. The van der Waals surface area contributed by atoms with Gasteiger partial charge in [-0.15, -0.1) is 0 Å². The first-order valence-corrected chi connectivity index (χ1v) is 13.7. The Kier molecular flexibility index (Phi) is 6.89. The zero-order chi connectivity index (χ0) is 23.5. The van der Waals surface area contributed by atoms with Crippen LogP contribution in [0.2, 0.25) is 0 Å². The highest BCUT2D eigenvalue weighted by molar-refractivity contribution is 7.90. The Labute approximate surface area is 194 Å². The number of anilines is 1. The fourth-order valence-corrected chi connectivity index (χ4v) is 6.40. The van der Waals surface area contributed by atoms with Crippen LogP contribution in [0.5, 0.6) is 5.75 Å². The maximum atomic E-state index is 12.8. The SMILES string of the molecule is COc1ccc(N2CCN(S(=O)(=O)CCNS(=O)(=O)c3ccc4ccccc4c3)CC2)cc1. The standard InChI is InChI=1S/C23H27N3O5S2/c1-31-22-9-7-21(8-10-22)25-13-15-26(16-14-25)32(27,28)17-12-24-33(29,30)23-11-6-19-4-2-3-5-20(19)18-23/h2-11,18,24H,12-17H2,1H3. The van der Waals surface area contributed by atoms with Crippen molar-refractivity contribution in [2.75, 3.05) is 50.5 Å². The van der Waals surface area contributed by atoms with E-state index in [1.54, 1.807) is 19.2 Å². The van der Waals surface area contributed by atoms with Gasteiger partial charge in [-0.05, 0) is 47.2 Å². The molecule has 0 aromatic heterocycles. The first-order chi connectivity index (χ1) is 15.8. The Hall–Kier alpha value is -2.66. The van der Waals surface area contributed by atoms with Crippen molar-refractivity contribution in [3.63, 3.8) is 0 Å². The highest BCUT2D eigenvalue weighted by Crippen LogP contribution is 2.22. The maximum absolute atomic E-state index is 12.8. The normalized spacial score (nSPS) is 15.6. The number of benzene rings is 3. The van der Waals surface area contributed by atoms with Gasteiger partial charge in [0.2, 0.25) is 20.0 Å². The molecule has 1 fully saturated rings. The van der Waals surface area contributed by atoms with Crippen LogP contribution < -0.4 is 14.4 Å². The lowest BCUT2D eigenvalue weighted by atomic mass is 10.1. The van der Waals surface area contributed by atoms with Gasteiger partial charge in [-0.1, -0.05) is 30.3 Å². The average Bonchev–Trinajstić information content (AvgIpc) is 2.83. The molecule has 0 saturated carbocycles. The number of piperazine rings is 1. The lowest BCUT2D eigenvalue weighted by Crippen LogP contribution is -2.50. The summed E-state index contributed by atoms with van der Waals surface area (Å²) in [5.41, 5.74) is 1.01. The summed E-state index contributed by atoms with van der Waals surface area (Å²) in [6, 6.07) is 20.0. The van der Waals surface area contributed by atoms with Crippen molar-refractivity contribution in [1.29, 1.82) is 0 Å². The average molecular weight is 490 g/mol. The zero-order valence-corrected chi connectivity index (χ0v) is 20.0. The van der Waals surface area contributed by atoms with Gasteiger partial charge in [-0.3, -0.25) is 0 Å². The monoisotopic (exact) mass is 489 g/mol. The highest BCUT2D eigenvalue weighted by Gasteiger charge is 2.27. The summed E-state index contributed by atoms with van der Waals surface area (Å²) in [6.45, 7) is 1.65. The van der Waals surface area contributed by atoms with E-state index in [1.807, 2.05) is 48.5 Å². The topological polar surface area (TPSA) is 96.0 Å². The van der Waals surface area contributed by atoms with Gasteiger partial charge in [-0.25, -0.2) is 21.6 Å². The van der Waals surface area contributed by atoms with Crippen molar-refractivity contribution < 1.29 is 21.6 Å². The van der Waals surface area contributed by atoms with Gasteiger partial charge in [0.25, 0.3) is 0 Å². The van der Waals surface area contributed by atoms with Gasteiger partial charge in [-0.2, -0.15) is 4.31 Å². The molecule has 10 heteroatoms. The number of nitrogens with zero attached hydrogens (tertiary/aromatic N) is 2. The largest absolute Gasteiger partial charge is 0.497 e. The first-order valence-electron chi connectivity index (χ1n) is 10.6. The summed E-state index contributed by atoms with van der Waals surface area (Å²) in [6.07, 6.45) is 0. The summed E-state index contributed by atoms with van der Waals surface area (Å²) in [7, 11) is -5.77. The van der Waals surface area contributed by atoms with E-state index in [0.29, 0.717) is 26.2 Å². The van der Waals surface area contributed by atoms with E-state index in [-0.39, 0.29) is 17.2 Å². The summed E-state index contributed by atoms with van der Waals surface area (Å²) in [4.78, 5) is 2.24. The molecule has 0 unspecified atom stereocenters. The summed E-state index contributed by atoms with van der Waals surface area (Å²) in [5.74, 6) is 0.480. The van der Waals surface area contributed by atoms with Crippen molar-refractivity contribution in [3.05, 3.63) is 66.7 Å². The lowest BCUT2D eigenvalue weighted by molar-refractivity contribution is 0.384. The maximum Gasteiger partial charge on any atom is 0.240 e. The van der Waals surface area contributed by atoms with Gasteiger partial charge in [0.05, 0.1) is 17.8 Å². The van der Waals surface area contributed by atoms with E-state index < -0.39 is 20.0 Å². The minimum atomic E-state index is -3.81. The molecule has 0 amide bonds. The Balaban J connectivity index is 1.32. The molecule has 176 valence electrons. The summed E-state index contributed by atoms with van der Waals surface area (Å²) >= 11 is 0. The minimum absolute atomic E-state index is 0.117. The molecule has 3 aromatic rings.